The lowest BCUT2D eigenvalue weighted by Crippen LogP contribution is -2.54. The number of carbonyl (C=O) groups excluding carboxylic acids is 1. The fraction of sp³-hybridized carbons (Fsp3) is 0.444. The summed E-state index contributed by atoms with van der Waals surface area (Å²) in [6, 6.07) is 4.61. The summed E-state index contributed by atoms with van der Waals surface area (Å²) in [5.74, 6) is 0.106. The Morgan fingerprint density at radius 2 is 2.23 bits per heavy atom. The summed E-state index contributed by atoms with van der Waals surface area (Å²) >= 11 is 0. The van der Waals surface area contributed by atoms with Crippen LogP contribution in [0.2, 0.25) is 0 Å². The van der Waals surface area contributed by atoms with E-state index in [9.17, 15) is 9.18 Å². The van der Waals surface area contributed by atoms with Gasteiger partial charge in [0.25, 0.3) is 0 Å². The fourth-order valence-electron chi connectivity index (χ4n) is 3.65. The maximum atomic E-state index is 13.9. The summed E-state index contributed by atoms with van der Waals surface area (Å²) in [7, 11) is 0. The van der Waals surface area contributed by atoms with Gasteiger partial charge in [-0.15, -0.1) is 0 Å². The highest BCUT2D eigenvalue weighted by Gasteiger charge is 2.41. The monoisotopic (exact) mass is 360 g/mol. The van der Waals surface area contributed by atoms with Gasteiger partial charge in [0.1, 0.15) is 17.1 Å². The smallest absolute Gasteiger partial charge is 0.248 e. The highest BCUT2D eigenvalue weighted by atomic mass is 19.1. The van der Waals surface area contributed by atoms with Crippen molar-refractivity contribution in [1.29, 1.82) is 0 Å². The van der Waals surface area contributed by atoms with E-state index in [1.54, 1.807) is 10.9 Å². The second-order valence-corrected chi connectivity index (χ2v) is 6.58. The predicted molar refractivity (Wildman–Crippen MR) is 90.8 cm³/mol. The Kier molecular flexibility index (Phi) is 4.60. The Balaban J connectivity index is 1.56. The molecule has 0 aliphatic carbocycles. The molecule has 1 amide bonds. The molecule has 1 saturated heterocycles. The van der Waals surface area contributed by atoms with Crippen LogP contribution in [-0.4, -0.2) is 35.6 Å². The molecule has 0 atom stereocenters. The molecule has 2 aliphatic rings. The average molecular weight is 360 g/mol. The Morgan fingerprint density at radius 3 is 3.00 bits per heavy atom. The van der Waals surface area contributed by atoms with Crippen LogP contribution in [0.1, 0.15) is 24.0 Å². The maximum Gasteiger partial charge on any atom is 0.248 e. The highest BCUT2D eigenvalue weighted by molar-refractivity contribution is 5.84. The molecule has 8 heteroatoms. The highest BCUT2D eigenvalue weighted by Crippen LogP contribution is 2.31. The van der Waals surface area contributed by atoms with E-state index in [2.05, 4.69) is 15.7 Å². The van der Waals surface area contributed by atoms with Gasteiger partial charge in [0, 0.05) is 30.1 Å². The number of ether oxygens (including phenoxy) is 2. The van der Waals surface area contributed by atoms with Crippen LogP contribution in [0.15, 0.2) is 30.6 Å². The third-order valence-corrected chi connectivity index (χ3v) is 4.99. The quantitative estimate of drug-likeness (QED) is 0.859. The van der Waals surface area contributed by atoms with Crippen LogP contribution in [0.3, 0.4) is 0 Å². The number of nitrogens with one attached hydrogen (secondary N) is 2. The second kappa shape index (κ2) is 7.05. The first-order valence-corrected chi connectivity index (χ1v) is 8.70. The minimum absolute atomic E-state index is 0.118. The summed E-state index contributed by atoms with van der Waals surface area (Å²) in [6.45, 7) is 2.10. The summed E-state index contributed by atoms with van der Waals surface area (Å²) in [5.41, 5.74) is 0.539. The topological polar surface area (TPSA) is 77.4 Å². The Hall–Kier alpha value is -2.45. The van der Waals surface area contributed by atoms with Crippen molar-refractivity contribution >= 4 is 5.91 Å². The van der Waals surface area contributed by atoms with Crippen molar-refractivity contribution in [2.75, 3.05) is 19.9 Å². The molecule has 2 N–H and O–H groups in total. The number of fused-ring (bicyclic) bond motifs is 1. The van der Waals surface area contributed by atoms with Crippen molar-refractivity contribution in [3.63, 3.8) is 0 Å². The summed E-state index contributed by atoms with van der Waals surface area (Å²) in [5, 5.41) is 10.5. The Morgan fingerprint density at radius 1 is 1.38 bits per heavy atom. The van der Waals surface area contributed by atoms with Gasteiger partial charge in [-0.1, -0.05) is 0 Å². The molecule has 0 unspecified atom stereocenters. The van der Waals surface area contributed by atoms with Crippen LogP contribution < -0.4 is 15.4 Å². The lowest BCUT2D eigenvalue weighted by Gasteiger charge is -2.36. The largest absolute Gasteiger partial charge is 0.467 e. The zero-order valence-electron chi connectivity index (χ0n) is 14.3. The van der Waals surface area contributed by atoms with Crippen molar-refractivity contribution in [2.45, 2.75) is 31.5 Å². The molecule has 1 aromatic carbocycles. The minimum Gasteiger partial charge on any atom is -0.467 e. The summed E-state index contributed by atoms with van der Waals surface area (Å²) < 4.78 is 26.3. The molecule has 2 aliphatic heterocycles. The number of benzene rings is 1. The molecule has 3 heterocycles. The SMILES string of the molecule is O=C(NCc1cc(F)cc2c1OCOC2)C1(n2cccn2)CCNCC1. The molecule has 2 aromatic rings. The number of rotatable bonds is 4. The number of halogens is 1. The molecular weight excluding hydrogens is 339 g/mol. The third-order valence-electron chi connectivity index (χ3n) is 4.99. The van der Waals surface area contributed by atoms with Crippen molar-refractivity contribution < 1.29 is 18.7 Å². The number of hydrogen-bond acceptors (Lipinski definition) is 5. The second-order valence-electron chi connectivity index (χ2n) is 6.58. The van der Waals surface area contributed by atoms with Gasteiger partial charge in [-0.25, -0.2) is 4.39 Å². The molecule has 0 spiro atoms. The number of hydrogen-bond donors (Lipinski definition) is 2. The molecule has 26 heavy (non-hydrogen) atoms. The van der Waals surface area contributed by atoms with E-state index in [0.717, 1.165) is 13.1 Å². The minimum atomic E-state index is -0.730. The van der Waals surface area contributed by atoms with E-state index < -0.39 is 5.54 Å². The lowest BCUT2D eigenvalue weighted by atomic mass is 9.87. The first-order chi connectivity index (χ1) is 12.7. The van der Waals surface area contributed by atoms with E-state index in [4.69, 9.17) is 9.47 Å². The van der Waals surface area contributed by atoms with Gasteiger partial charge >= 0.3 is 0 Å². The van der Waals surface area contributed by atoms with Crippen LogP contribution in [0.25, 0.3) is 0 Å². The van der Waals surface area contributed by atoms with E-state index in [-0.39, 0.29) is 25.1 Å². The van der Waals surface area contributed by atoms with Gasteiger partial charge in [0.05, 0.1) is 6.61 Å². The normalized spacial score (nSPS) is 18.7. The lowest BCUT2D eigenvalue weighted by molar-refractivity contribution is -0.132. The van der Waals surface area contributed by atoms with Crippen molar-refractivity contribution in [3.05, 3.63) is 47.5 Å². The maximum absolute atomic E-state index is 13.9. The molecule has 4 rings (SSSR count). The fourth-order valence-corrected chi connectivity index (χ4v) is 3.65. The van der Waals surface area contributed by atoms with Gasteiger partial charge in [-0.2, -0.15) is 5.10 Å². The van der Waals surface area contributed by atoms with E-state index in [1.165, 1.54) is 12.1 Å². The van der Waals surface area contributed by atoms with E-state index in [1.807, 2.05) is 12.3 Å². The van der Waals surface area contributed by atoms with Gasteiger partial charge in [-0.05, 0) is 44.1 Å². The average Bonchev–Trinajstić information content (AvgIpc) is 3.21. The zero-order valence-corrected chi connectivity index (χ0v) is 14.3. The van der Waals surface area contributed by atoms with Crippen LogP contribution in [-0.2, 0) is 28.2 Å². The third kappa shape index (κ3) is 3.06. The van der Waals surface area contributed by atoms with Gasteiger partial charge < -0.3 is 20.1 Å². The molecule has 1 aromatic heterocycles. The summed E-state index contributed by atoms with van der Waals surface area (Å²) in [6.07, 6.45) is 4.78. The van der Waals surface area contributed by atoms with Gasteiger partial charge in [0.2, 0.25) is 5.91 Å². The van der Waals surface area contributed by atoms with Crippen LogP contribution in [0.5, 0.6) is 5.75 Å². The van der Waals surface area contributed by atoms with Crippen LogP contribution in [0, 0.1) is 5.82 Å². The van der Waals surface area contributed by atoms with Gasteiger partial charge in [-0.3, -0.25) is 9.48 Å². The molecule has 138 valence electrons. The number of piperidine rings is 1. The Labute approximate surface area is 150 Å². The molecule has 0 bridgehead atoms. The number of aromatic nitrogens is 2. The number of carbonyl (C=O) groups is 1. The van der Waals surface area contributed by atoms with E-state index in [0.29, 0.717) is 36.3 Å². The molecule has 7 nitrogen and oxygen atoms in total. The zero-order chi connectivity index (χ0) is 18.0. The molecule has 0 radical (unpaired) electrons. The standard InChI is InChI=1S/C18H21FN4O3/c19-15-8-13(16-14(9-15)11-25-12-26-16)10-21-17(24)18(2-5-20-6-3-18)23-7-1-4-22-23/h1,4,7-9,20H,2-3,5-6,10-12H2,(H,21,24). The number of nitrogens with zero attached hydrogens (tertiary/aromatic N) is 2. The Bertz CT molecular complexity index is 788. The number of amides is 1. The molecule has 1 fully saturated rings. The molecular formula is C18H21FN4O3. The van der Waals surface area contributed by atoms with Crippen LogP contribution in [0.4, 0.5) is 4.39 Å². The summed E-state index contributed by atoms with van der Waals surface area (Å²) in [4.78, 5) is 13.1. The van der Waals surface area contributed by atoms with Crippen molar-refractivity contribution in [1.82, 2.24) is 20.4 Å². The first-order valence-electron chi connectivity index (χ1n) is 8.70. The van der Waals surface area contributed by atoms with Crippen molar-refractivity contribution in [3.8, 4) is 5.75 Å². The van der Waals surface area contributed by atoms with Crippen LogP contribution >= 0.6 is 0 Å². The predicted octanol–water partition coefficient (Wildman–Crippen LogP) is 1.28. The van der Waals surface area contributed by atoms with Gasteiger partial charge in [0.15, 0.2) is 6.79 Å². The first kappa shape index (κ1) is 17.0. The molecule has 0 saturated carbocycles. The van der Waals surface area contributed by atoms with E-state index >= 15 is 0 Å². The van der Waals surface area contributed by atoms with Crippen molar-refractivity contribution in [2.24, 2.45) is 0 Å².